The molecule has 2 aromatic rings. The molecule has 0 bridgehead atoms. The van der Waals surface area contributed by atoms with Crippen LogP contribution in [0, 0.1) is 0 Å². The van der Waals surface area contributed by atoms with Gasteiger partial charge in [0.25, 0.3) is 5.91 Å². The first-order chi connectivity index (χ1) is 15.7. The number of hydrogen-bond donors (Lipinski definition) is 1. The Bertz CT molecular complexity index is 869. The lowest BCUT2D eigenvalue weighted by molar-refractivity contribution is -0.122. The monoisotopic (exact) mass is 439 g/mol. The zero-order chi connectivity index (χ0) is 22.2. The lowest BCUT2D eigenvalue weighted by Crippen LogP contribution is -2.43. The van der Waals surface area contributed by atoms with Crippen molar-refractivity contribution in [3.05, 3.63) is 41.7 Å². The van der Waals surface area contributed by atoms with Crippen molar-refractivity contribution in [3.63, 3.8) is 0 Å². The zero-order valence-corrected chi connectivity index (χ0v) is 18.7. The molecule has 172 valence electrons. The summed E-state index contributed by atoms with van der Waals surface area (Å²) >= 11 is 0. The molecule has 0 saturated carbocycles. The number of fused-ring (bicyclic) bond motifs is 1. The molecule has 2 fully saturated rings. The Morgan fingerprint density at radius 3 is 2.53 bits per heavy atom. The van der Waals surface area contributed by atoms with E-state index >= 15 is 0 Å². The fraction of sp³-hybridized carbons (Fsp3) is 0.609. The molecule has 2 amide bonds. The summed E-state index contributed by atoms with van der Waals surface area (Å²) in [6.07, 6.45) is 8.50. The van der Waals surface area contributed by atoms with E-state index < -0.39 is 0 Å². The van der Waals surface area contributed by atoms with Gasteiger partial charge in [-0.05, 0) is 73.3 Å². The van der Waals surface area contributed by atoms with Gasteiger partial charge in [-0.25, -0.2) is 4.68 Å². The average molecular weight is 440 g/mol. The maximum absolute atomic E-state index is 13.2. The van der Waals surface area contributed by atoms with Crippen molar-refractivity contribution >= 4 is 11.8 Å². The highest BCUT2D eigenvalue weighted by atomic mass is 16.2. The summed E-state index contributed by atoms with van der Waals surface area (Å²) in [6, 6.07) is 8.03. The van der Waals surface area contributed by atoms with Gasteiger partial charge >= 0.3 is 0 Å². The Morgan fingerprint density at radius 2 is 1.75 bits per heavy atom. The fourth-order valence-corrected chi connectivity index (χ4v) is 4.68. The molecule has 2 aliphatic heterocycles. The Morgan fingerprint density at radius 1 is 1.00 bits per heavy atom. The Labute approximate surface area is 189 Å². The zero-order valence-electron chi connectivity index (χ0n) is 18.7. The SMILES string of the molecule is O=C1CC2CCCCN2CCCCN(C(=O)c2ccc(Cn3cnnn3)cc2)CCCN1. The molecular weight excluding hydrogens is 406 g/mol. The van der Waals surface area contributed by atoms with Gasteiger partial charge in [-0.1, -0.05) is 18.6 Å². The number of amides is 2. The maximum Gasteiger partial charge on any atom is 0.253 e. The largest absolute Gasteiger partial charge is 0.356 e. The third-order valence-electron chi connectivity index (χ3n) is 6.44. The van der Waals surface area contributed by atoms with Crippen molar-refractivity contribution in [2.24, 2.45) is 0 Å². The standard InChI is InChI=1S/C23H33N7O2/c31-22-16-21-6-1-2-12-28(21)13-3-4-14-29(15-5-11-24-22)23(32)20-9-7-19(8-10-20)17-30-18-25-26-27-30/h7-10,18,21H,1-6,11-17H2,(H,24,31). The lowest BCUT2D eigenvalue weighted by atomic mass is 9.98. The number of carbonyl (C=O) groups is 2. The molecule has 0 spiro atoms. The fourth-order valence-electron chi connectivity index (χ4n) is 4.68. The molecule has 9 heteroatoms. The van der Waals surface area contributed by atoms with Crippen LogP contribution in [0.15, 0.2) is 30.6 Å². The molecule has 3 heterocycles. The van der Waals surface area contributed by atoms with Crippen LogP contribution in [0.5, 0.6) is 0 Å². The molecule has 1 atom stereocenters. The number of benzene rings is 1. The number of piperidine rings is 1. The van der Waals surface area contributed by atoms with Crippen LogP contribution in [0.2, 0.25) is 0 Å². The second kappa shape index (κ2) is 11.2. The molecule has 1 aromatic heterocycles. The van der Waals surface area contributed by atoms with Gasteiger partial charge in [-0.2, -0.15) is 0 Å². The van der Waals surface area contributed by atoms with Gasteiger partial charge < -0.3 is 10.2 Å². The van der Waals surface area contributed by atoms with Crippen LogP contribution in [0.3, 0.4) is 0 Å². The highest BCUT2D eigenvalue weighted by Gasteiger charge is 2.25. The van der Waals surface area contributed by atoms with Crippen LogP contribution in [0.25, 0.3) is 0 Å². The molecule has 32 heavy (non-hydrogen) atoms. The first-order valence-electron chi connectivity index (χ1n) is 11.8. The second-order valence-electron chi connectivity index (χ2n) is 8.80. The van der Waals surface area contributed by atoms with Gasteiger partial charge in [0.1, 0.15) is 6.33 Å². The van der Waals surface area contributed by atoms with E-state index in [1.165, 1.54) is 12.8 Å². The average Bonchev–Trinajstić information content (AvgIpc) is 3.32. The molecule has 0 aliphatic carbocycles. The molecule has 9 nitrogen and oxygen atoms in total. The van der Waals surface area contributed by atoms with Crippen LogP contribution in [0.1, 0.15) is 60.9 Å². The number of nitrogens with one attached hydrogen (secondary N) is 1. The second-order valence-corrected chi connectivity index (χ2v) is 8.80. The van der Waals surface area contributed by atoms with Gasteiger partial charge in [0, 0.05) is 37.7 Å². The number of nitrogens with zero attached hydrogens (tertiary/aromatic N) is 6. The molecular formula is C23H33N7O2. The van der Waals surface area contributed by atoms with Crippen molar-refractivity contribution in [3.8, 4) is 0 Å². The highest BCUT2D eigenvalue weighted by Crippen LogP contribution is 2.20. The predicted octanol–water partition coefficient (Wildman–Crippen LogP) is 1.71. The smallest absolute Gasteiger partial charge is 0.253 e. The number of carbonyl (C=O) groups excluding carboxylic acids is 2. The number of hydrogen-bond acceptors (Lipinski definition) is 6. The van der Waals surface area contributed by atoms with E-state index in [0.29, 0.717) is 37.7 Å². The third-order valence-corrected chi connectivity index (χ3v) is 6.44. The first kappa shape index (κ1) is 22.4. The van der Waals surface area contributed by atoms with Crippen LogP contribution >= 0.6 is 0 Å². The topological polar surface area (TPSA) is 96.3 Å². The summed E-state index contributed by atoms with van der Waals surface area (Å²) in [6.45, 7) is 4.67. The van der Waals surface area contributed by atoms with Gasteiger partial charge in [0.2, 0.25) is 5.91 Å². The van der Waals surface area contributed by atoms with E-state index in [4.69, 9.17) is 0 Å². The van der Waals surface area contributed by atoms with E-state index in [0.717, 1.165) is 50.9 Å². The first-order valence-corrected chi connectivity index (χ1v) is 11.8. The van der Waals surface area contributed by atoms with Crippen LogP contribution in [-0.2, 0) is 11.3 Å². The van der Waals surface area contributed by atoms with Crippen LogP contribution < -0.4 is 5.32 Å². The number of tetrazole rings is 1. The summed E-state index contributed by atoms with van der Waals surface area (Å²) in [5, 5.41) is 14.2. The van der Waals surface area contributed by atoms with Gasteiger partial charge in [0.05, 0.1) is 6.54 Å². The van der Waals surface area contributed by atoms with Crippen LogP contribution in [-0.4, -0.2) is 80.6 Å². The predicted molar refractivity (Wildman–Crippen MR) is 120 cm³/mol. The Kier molecular flexibility index (Phi) is 7.82. The van der Waals surface area contributed by atoms with Crippen molar-refractivity contribution in [2.45, 2.75) is 57.5 Å². The quantitative estimate of drug-likeness (QED) is 0.782. The van der Waals surface area contributed by atoms with Crippen molar-refractivity contribution in [1.29, 1.82) is 0 Å². The van der Waals surface area contributed by atoms with E-state index in [9.17, 15) is 9.59 Å². The van der Waals surface area contributed by atoms with E-state index in [-0.39, 0.29) is 11.8 Å². The maximum atomic E-state index is 13.2. The van der Waals surface area contributed by atoms with Crippen molar-refractivity contribution in [1.82, 2.24) is 35.3 Å². The summed E-state index contributed by atoms with van der Waals surface area (Å²) in [7, 11) is 0. The van der Waals surface area contributed by atoms with E-state index in [1.807, 2.05) is 29.2 Å². The number of rotatable bonds is 3. The molecule has 2 saturated heterocycles. The van der Waals surface area contributed by atoms with Crippen molar-refractivity contribution in [2.75, 3.05) is 32.7 Å². The van der Waals surface area contributed by atoms with E-state index in [2.05, 4.69) is 25.7 Å². The molecule has 1 unspecified atom stereocenters. The summed E-state index contributed by atoms with van der Waals surface area (Å²) in [5.41, 5.74) is 1.73. The Hall–Kier alpha value is -2.81. The lowest BCUT2D eigenvalue weighted by Gasteiger charge is -2.35. The number of aromatic nitrogens is 4. The Balaban J connectivity index is 1.37. The van der Waals surface area contributed by atoms with Gasteiger partial charge in [-0.3, -0.25) is 14.5 Å². The minimum atomic E-state index is 0.0519. The molecule has 0 radical (unpaired) electrons. The summed E-state index contributed by atoms with van der Waals surface area (Å²) < 4.78 is 1.65. The minimum Gasteiger partial charge on any atom is -0.356 e. The molecule has 4 rings (SSSR count). The normalized spacial score (nSPS) is 21.6. The molecule has 2 aliphatic rings. The van der Waals surface area contributed by atoms with E-state index in [1.54, 1.807) is 11.0 Å². The minimum absolute atomic E-state index is 0.0519. The summed E-state index contributed by atoms with van der Waals surface area (Å²) in [5.74, 6) is 0.188. The third kappa shape index (κ3) is 6.12. The van der Waals surface area contributed by atoms with Crippen LogP contribution in [0.4, 0.5) is 0 Å². The van der Waals surface area contributed by atoms with Gasteiger partial charge in [-0.15, -0.1) is 5.10 Å². The van der Waals surface area contributed by atoms with Gasteiger partial charge in [0.15, 0.2) is 0 Å². The molecule has 1 N–H and O–H groups in total. The summed E-state index contributed by atoms with van der Waals surface area (Å²) in [4.78, 5) is 30.0. The highest BCUT2D eigenvalue weighted by molar-refractivity contribution is 5.94. The van der Waals surface area contributed by atoms with Crippen molar-refractivity contribution < 1.29 is 9.59 Å². The molecule has 1 aromatic carbocycles.